The molecule has 0 unspecified atom stereocenters. The summed E-state index contributed by atoms with van der Waals surface area (Å²) in [7, 11) is 0. The Hall–Kier alpha value is -0.290. The van der Waals surface area contributed by atoms with Crippen molar-refractivity contribution in [3.63, 3.8) is 0 Å². The third-order valence-electron chi connectivity index (χ3n) is 1.42. The van der Waals surface area contributed by atoms with Gasteiger partial charge in [0.25, 0.3) is 0 Å². The first-order chi connectivity index (χ1) is 5.54. The maximum absolute atomic E-state index is 12.1. The molecule has 80 valence electrons. The van der Waals surface area contributed by atoms with Gasteiger partial charge in [0, 0.05) is 0 Å². The van der Waals surface area contributed by atoms with E-state index in [9.17, 15) is 13.2 Å². The number of halogens is 3. The molecule has 0 aliphatic rings. The quantitative estimate of drug-likeness (QED) is 0.739. The molecular formula is C8H16F3NO. The molecule has 0 aliphatic carbocycles. The van der Waals surface area contributed by atoms with Gasteiger partial charge in [0.05, 0.1) is 11.7 Å². The van der Waals surface area contributed by atoms with Crippen LogP contribution in [0.15, 0.2) is 0 Å². The highest BCUT2D eigenvalue weighted by atomic mass is 19.4. The molecule has 2 N–H and O–H groups in total. The van der Waals surface area contributed by atoms with Gasteiger partial charge in [-0.3, -0.25) is 0 Å². The maximum atomic E-state index is 12.1. The van der Waals surface area contributed by atoms with Crippen LogP contribution in [0.4, 0.5) is 13.2 Å². The first-order valence-electron chi connectivity index (χ1n) is 4.04. The van der Waals surface area contributed by atoms with Crippen molar-refractivity contribution in [1.82, 2.24) is 0 Å². The topological polar surface area (TPSA) is 35.2 Å². The van der Waals surface area contributed by atoms with Gasteiger partial charge in [-0.1, -0.05) is 0 Å². The summed E-state index contributed by atoms with van der Waals surface area (Å²) in [5.41, 5.74) is 4.34. The van der Waals surface area contributed by atoms with Gasteiger partial charge < -0.3 is 10.5 Å². The van der Waals surface area contributed by atoms with Gasteiger partial charge in [-0.05, 0) is 27.7 Å². The largest absolute Gasteiger partial charge is 0.406 e. The Morgan fingerprint density at radius 3 is 1.77 bits per heavy atom. The second-order valence-corrected chi connectivity index (χ2v) is 4.00. The maximum Gasteiger partial charge on any atom is 0.406 e. The van der Waals surface area contributed by atoms with Crippen LogP contribution < -0.4 is 5.73 Å². The molecule has 0 saturated carbocycles. The van der Waals surface area contributed by atoms with Crippen LogP contribution >= 0.6 is 0 Å². The molecule has 0 aromatic rings. The minimum absolute atomic E-state index is 0.609. The number of alkyl halides is 3. The smallest absolute Gasteiger partial charge is 0.371 e. The molecule has 0 aliphatic heterocycles. The number of ether oxygens (including phenoxy) is 1. The van der Waals surface area contributed by atoms with Crippen molar-refractivity contribution >= 4 is 0 Å². The van der Waals surface area contributed by atoms with E-state index in [1.807, 2.05) is 0 Å². The van der Waals surface area contributed by atoms with Crippen molar-refractivity contribution in [2.75, 3.05) is 0 Å². The highest BCUT2D eigenvalue weighted by Crippen LogP contribution is 2.24. The van der Waals surface area contributed by atoms with Crippen molar-refractivity contribution in [3.8, 4) is 0 Å². The van der Waals surface area contributed by atoms with Crippen molar-refractivity contribution in [3.05, 3.63) is 0 Å². The fourth-order valence-electron chi connectivity index (χ4n) is 0.897. The SMILES string of the molecule is C[C@@H](OC(C)(C)C)[C@H](N)C(F)(F)F. The first-order valence-corrected chi connectivity index (χ1v) is 4.04. The highest BCUT2D eigenvalue weighted by molar-refractivity contribution is 4.79. The average Bonchev–Trinajstić information content (AvgIpc) is 1.79. The lowest BCUT2D eigenvalue weighted by Gasteiger charge is -2.29. The van der Waals surface area contributed by atoms with E-state index >= 15 is 0 Å². The molecule has 0 aromatic heterocycles. The lowest BCUT2D eigenvalue weighted by atomic mass is 10.1. The van der Waals surface area contributed by atoms with E-state index in [4.69, 9.17) is 10.5 Å². The summed E-state index contributed by atoms with van der Waals surface area (Å²) in [5, 5.41) is 0. The predicted octanol–water partition coefficient (Wildman–Crippen LogP) is 2.08. The van der Waals surface area contributed by atoms with E-state index in [-0.39, 0.29) is 0 Å². The van der Waals surface area contributed by atoms with E-state index < -0.39 is 23.9 Å². The first kappa shape index (κ1) is 12.7. The summed E-state index contributed by atoms with van der Waals surface area (Å²) in [5.74, 6) is 0. The van der Waals surface area contributed by atoms with Crippen LogP contribution in [0.5, 0.6) is 0 Å². The molecule has 0 radical (unpaired) electrons. The zero-order valence-corrected chi connectivity index (χ0v) is 8.27. The third-order valence-corrected chi connectivity index (χ3v) is 1.42. The molecule has 0 fully saturated rings. The summed E-state index contributed by atoms with van der Waals surface area (Å²) >= 11 is 0. The molecule has 2 nitrogen and oxygen atoms in total. The van der Waals surface area contributed by atoms with Gasteiger partial charge in [0.1, 0.15) is 6.04 Å². The standard InChI is InChI=1S/C8H16F3NO/c1-5(13-7(2,3)4)6(12)8(9,10)11/h5-6H,12H2,1-4H3/t5-,6+/m1/s1. The second kappa shape index (κ2) is 3.84. The van der Waals surface area contributed by atoms with Crippen LogP contribution in [0, 0.1) is 0 Å². The fraction of sp³-hybridized carbons (Fsp3) is 1.00. The molecule has 0 heterocycles. The zero-order chi connectivity index (χ0) is 10.9. The molecule has 0 rings (SSSR count). The van der Waals surface area contributed by atoms with E-state index in [2.05, 4.69) is 0 Å². The molecular weight excluding hydrogens is 183 g/mol. The minimum atomic E-state index is -4.40. The lowest BCUT2D eigenvalue weighted by Crippen LogP contribution is -2.48. The summed E-state index contributed by atoms with van der Waals surface area (Å²) < 4.78 is 41.3. The Morgan fingerprint density at radius 1 is 1.15 bits per heavy atom. The lowest BCUT2D eigenvalue weighted by molar-refractivity contribution is -0.187. The Kier molecular flexibility index (Phi) is 3.75. The summed E-state index contributed by atoms with van der Waals surface area (Å²) in [6.07, 6.45) is -5.43. The number of nitrogens with two attached hydrogens (primary N) is 1. The van der Waals surface area contributed by atoms with E-state index in [1.54, 1.807) is 20.8 Å². The third kappa shape index (κ3) is 5.10. The van der Waals surface area contributed by atoms with Crippen LogP contribution in [0.1, 0.15) is 27.7 Å². The Balaban J connectivity index is 4.20. The van der Waals surface area contributed by atoms with E-state index in [0.717, 1.165) is 0 Å². The average molecular weight is 199 g/mol. The molecule has 0 aromatic carbocycles. The van der Waals surface area contributed by atoms with Crippen LogP contribution in [0.2, 0.25) is 0 Å². The monoisotopic (exact) mass is 199 g/mol. The van der Waals surface area contributed by atoms with Crippen LogP contribution in [-0.2, 0) is 4.74 Å². The summed E-state index contributed by atoms with van der Waals surface area (Å²) in [6.45, 7) is 6.38. The van der Waals surface area contributed by atoms with Gasteiger partial charge in [-0.2, -0.15) is 13.2 Å². The van der Waals surface area contributed by atoms with Crippen molar-refractivity contribution < 1.29 is 17.9 Å². The van der Waals surface area contributed by atoms with Gasteiger partial charge in [0.15, 0.2) is 0 Å². The fourth-order valence-corrected chi connectivity index (χ4v) is 0.897. The summed E-state index contributed by atoms with van der Waals surface area (Å²) in [6, 6.07) is -1.92. The highest BCUT2D eigenvalue weighted by Gasteiger charge is 2.41. The Morgan fingerprint density at radius 2 is 1.54 bits per heavy atom. The van der Waals surface area contributed by atoms with Gasteiger partial charge in [0.2, 0.25) is 0 Å². The molecule has 2 atom stereocenters. The second-order valence-electron chi connectivity index (χ2n) is 4.00. The predicted molar refractivity (Wildman–Crippen MR) is 44.3 cm³/mol. The van der Waals surface area contributed by atoms with Gasteiger partial charge in [-0.25, -0.2) is 0 Å². The molecule has 5 heteroatoms. The normalized spacial score (nSPS) is 18.5. The van der Waals surface area contributed by atoms with Crippen molar-refractivity contribution in [2.45, 2.75) is 51.6 Å². The molecule has 0 spiro atoms. The number of rotatable bonds is 2. The van der Waals surface area contributed by atoms with Crippen LogP contribution in [0.25, 0.3) is 0 Å². The minimum Gasteiger partial charge on any atom is -0.371 e. The van der Waals surface area contributed by atoms with Crippen molar-refractivity contribution in [1.29, 1.82) is 0 Å². The Bertz CT molecular complexity index is 162. The van der Waals surface area contributed by atoms with E-state index in [1.165, 1.54) is 6.92 Å². The van der Waals surface area contributed by atoms with Crippen LogP contribution in [0.3, 0.4) is 0 Å². The van der Waals surface area contributed by atoms with Gasteiger partial charge >= 0.3 is 6.18 Å². The van der Waals surface area contributed by atoms with Gasteiger partial charge in [-0.15, -0.1) is 0 Å². The Labute approximate surface area is 76.2 Å². The number of hydrogen-bond acceptors (Lipinski definition) is 2. The van der Waals surface area contributed by atoms with E-state index in [0.29, 0.717) is 0 Å². The molecule has 0 saturated heterocycles. The van der Waals surface area contributed by atoms with Crippen molar-refractivity contribution in [2.24, 2.45) is 5.73 Å². The van der Waals surface area contributed by atoms with Crippen LogP contribution in [-0.4, -0.2) is 23.9 Å². The molecule has 0 amide bonds. The number of hydrogen-bond donors (Lipinski definition) is 1. The molecule has 13 heavy (non-hydrogen) atoms. The summed E-state index contributed by atoms with van der Waals surface area (Å²) in [4.78, 5) is 0. The molecule has 0 bridgehead atoms. The zero-order valence-electron chi connectivity index (χ0n) is 8.27.